The smallest absolute Gasteiger partial charge is 0.255 e. The summed E-state index contributed by atoms with van der Waals surface area (Å²) < 4.78 is 5.06. The van der Waals surface area contributed by atoms with Crippen LogP contribution in [0.1, 0.15) is 15.9 Å². The van der Waals surface area contributed by atoms with Crippen molar-refractivity contribution in [1.82, 2.24) is 0 Å². The molecule has 0 saturated carbocycles. The lowest BCUT2D eigenvalue weighted by molar-refractivity contribution is 0.102. The first-order valence-electron chi connectivity index (χ1n) is 5.94. The summed E-state index contributed by atoms with van der Waals surface area (Å²) in [5.41, 5.74) is 2.15. The van der Waals surface area contributed by atoms with Gasteiger partial charge in [0.25, 0.3) is 5.91 Å². The molecule has 0 aromatic heterocycles. The number of benzene rings is 2. The molecule has 0 saturated heterocycles. The second-order valence-electron chi connectivity index (χ2n) is 4.22. The highest BCUT2D eigenvalue weighted by atomic mass is 35.5. The average Bonchev–Trinajstić information content (AvgIpc) is 2.42. The van der Waals surface area contributed by atoms with Gasteiger partial charge < -0.3 is 10.1 Å². The second kappa shape index (κ2) is 6.75. The van der Waals surface area contributed by atoms with Gasteiger partial charge in [-0.1, -0.05) is 35.3 Å². The van der Waals surface area contributed by atoms with E-state index in [9.17, 15) is 4.79 Å². The molecule has 1 N–H and O–H groups in total. The van der Waals surface area contributed by atoms with Crippen molar-refractivity contribution in [1.29, 1.82) is 0 Å². The molecule has 0 spiro atoms. The number of nitrogens with one attached hydrogen (secondary N) is 1. The van der Waals surface area contributed by atoms with Crippen molar-refractivity contribution in [2.45, 2.75) is 6.61 Å². The van der Waals surface area contributed by atoms with Crippen molar-refractivity contribution in [3.05, 3.63) is 63.6 Å². The Morgan fingerprint density at radius 2 is 1.95 bits per heavy atom. The van der Waals surface area contributed by atoms with Crippen LogP contribution in [0.3, 0.4) is 0 Å². The summed E-state index contributed by atoms with van der Waals surface area (Å²) in [6.07, 6.45) is 0. The molecule has 0 aliphatic heterocycles. The van der Waals surface area contributed by atoms with Gasteiger partial charge in [0.05, 0.1) is 16.7 Å². The van der Waals surface area contributed by atoms with Crippen molar-refractivity contribution < 1.29 is 9.53 Å². The minimum Gasteiger partial charge on any atom is -0.380 e. The molecule has 104 valence electrons. The molecule has 0 aliphatic carbocycles. The lowest BCUT2D eigenvalue weighted by Gasteiger charge is -2.08. The van der Waals surface area contributed by atoms with Crippen molar-refractivity contribution in [2.24, 2.45) is 0 Å². The Hall–Kier alpha value is -1.55. The monoisotopic (exact) mass is 309 g/mol. The van der Waals surface area contributed by atoms with Crippen molar-refractivity contribution in [2.75, 3.05) is 12.4 Å². The van der Waals surface area contributed by atoms with Gasteiger partial charge >= 0.3 is 0 Å². The third-order valence-electron chi connectivity index (χ3n) is 2.68. The van der Waals surface area contributed by atoms with Crippen LogP contribution >= 0.6 is 23.2 Å². The molecule has 0 atom stereocenters. The summed E-state index contributed by atoms with van der Waals surface area (Å²) in [5.74, 6) is -0.238. The zero-order chi connectivity index (χ0) is 14.5. The number of amides is 1. The van der Waals surface area contributed by atoms with Crippen LogP contribution in [0.4, 0.5) is 5.69 Å². The first-order valence-corrected chi connectivity index (χ1v) is 6.70. The number of hydrogen-bond donors (Lipinski definition) is 1. The van der Waals surface area contributed by atoms with Crippen molar-refractivity contribution in [3.63, 3.8) is 0 Å². The highest BCUT2D eigenvalue weighted by molar-refractivity contribution is 6.42. The molecule has 1 amide bonds. The summed E-state index contributed by atoms with van der Waals surface area (Å²) in [5, 5.41) is 3.58. The maximum atomic E-state index is 12.1. The number of ether oxygens (including phenoxy) is 1. The van der Waals surface area contributed by atoms with E-state index in [4.69, 9.17) is 27.9 Å². The summed E-state index contributed by atoms with van der Waals surface area (Å²) in [4.78, 5) is 12.1. The van der Waals surface area contributed by atoms with Gasteiger partial charge in [-0.25, -0.2) is 0 Å². The molecule has 0 unspecified atom stereocenters. The van der Waals surface area contributed by atoms with E-state index in [2.05, 4.69) is 5.32 Å². The Labute approximate surface area is 127 Å². The minimum atomic E-state index is -0.238. The number of anilines is 1. The van der Waals surface area contributed by atoms with Crippen LogP contribution in [0.25, 0.3) is 0 Å². The summed E-state index contributed by atoms with van der Waals surface area (Å²) >= 11 is 11.7. The summed E-state index contributed by atoms with van der Waals surface area (Å²) in [7, 11) is 1.63. The molecule has 5 heteroatoms. The predicted molar refractivity (Wildman–Crippen MR) is 81.6 cm³/mol. The largest absolute Gasteiger partial charge is 0.380 e. The van der Waals surface area contributed by atoms with Gasteiger partial charge in [-0.05, 0) is 35.9 Å². The Bertz CT molecular complexity index is 629. The minimum absolute atomic E-state index is 0.238. The molecule has 20 heavy (non-hydrogen) atoms. The Kier molecular flexibility index (Phi) is 5.01. The number of halogens is 2. The number of carbonyl (C=O) groups is 1. The van der Waals surface area contributed by atoms with E-state index in [1.54, 1.807) is 19.2 Å². The highest BCUT2D eigenvalue weighted by Gasteiger charge is 2.08. The maximum Gasteiger partial charge on any atom is 0.255 e. The topological polar surface area (TPSA) is 38.3 Å². The molecule has 0 fully saturated rings. The molecule has 0 radical (unpaired) electrons. The summed E-state index contributed by atoms with van der Waals surface area (Å²) in [6.45, 7) is 0.497. The van der Waals surface area contributed by atoms with E-state index in [1.807, 2.05) is 24.3 Å². The van der Waals surface area contributed by atoms with E-state index in [1.165, 1.54) is 6.07 Å². The fraction of sp³-hybridized carbons (Fsp3) is 0.133. The van der Waals surface area contributed by atoms with E-state index < -0.39 is 0 Å². The quantitative estimate of drug-likeness (QED) is 0.909. The molecule has 2 rings (SSSR count). The number of carbonyl (C=O) groups excluding carboxylic acids is 1. The van der Waals surface area contributed by atoms with Gasteiger partial charge in [0.2, 0.25) is 0 Å². The van der Waals surface area contributed by atoms with Crippen LogP contribution in [0.5, 0.6) is 0 Å². The van der Waals surface area contributed by atoms with Crippen LogP contribution in [0, 0.1) is 0 Å². The fourth-order valence-electron chi connectivity index (χ4n) is 1.75. The first-order chi connectivity index (χ1) is 9.60. The van der Waals surface area contributed by atoms with Crippen LogP contribution in [-0.2, 0) is 11.3 Å². The van der Waals surface area contributed by atoms with Crippen molar-refractivity contribution >= 4 is 34.8 Å². The van der Waals surface area contributed by atoms with Crippen LogP contribution in [0.15, 0.2) is 42.5 Å². The molecular formula is C15H13Cl2NO2. The number of rotatable bonds is 4. The fourth-order valence-corrected chi connectivity index (χ4v) is 2.04. The van der Waals surface area contributed by atoms with Crippen LogP contribution < -0.4 is 5.32 Å². The van der Waals surface area contributed by atoms with Crippen molar-refractivity contribution in [3.8, 4) is 0 Å². The third kappa shape index (κ3) is 3.73. The van der Waals surface area contributed by atoms with Gasteiger partial charge in [-0.3, -0.25) is 4.79 Å². The standard InChI is InChI=1S/C15H13Cl2NO2/c1-20-9-10-3-2-4-12(7-10)18-15(19)11-5-6-13(16)14(17)8-11/h2-8H,9H2,1H3,(H,18,19). The summed E-state index contributed by atoms with van der Waals surface area (Å²) in [6, 6.07) is 12.2. The molecule has 0 aliphatic rings. The highest BCUT2D eigenvalue weighted by Crippen LogP contribution is 2.23. The predicted octanol–water partition coefficient (Wildman–Crippen LogP) is 4.39. The van der Waals surface area contributed by atoms with Gasteiger partial charge in [0.1, 0.15) is 0 Å². The van der Waals surface area contributed by atoms with E-state index in [0.717, 1.165) is 5.56 Å². The second-order valence-corrected chi connectivity index (χ2v) is 5.03. The number of methoxy groups -OCH3 is 1. The van der Waals surface area contributed by atoms with E-state index in [-0.39, 0.29) is 5.91 Å². The molecule has 2 aromatic carbocycles. The van der Waals surface area contributed by atoms with Gasteiger partial charge in [-0.2, -0.15) is 0 Å². The zero-order valence-electron chi connectivity index (χ0n) is 10.8. The molecule has 0 heterocycles. The first kappa shape index (κ1) is 14.9. The van der Waals surface area contributed by atoms with Gasteiger partial charge in [-0.15, -0.1) is 0 Å². The lowest BCUT2D eigenvalue weighted by atomic mass is 10.2. The van der Waals surface area contributed by atoms with Crippen LogP contribution in [0.2, 0.25) is 10.0 Å². The molecular weight excluding hydrogens is 297 g/mol. The third-order valence-corrected chi connectivity index (χ3v) is 3.42. The van der Waals surface area contributed by atoms with E-state index >= 15 is 0 Å². The maximum absolute atomic E-state index is 12.1. The van der Waals surface area contributed by atoms with Gasteiger partial charge in [0, 0.05) is 18.4 Å². The van der Waals surface area contributed by atoms with Gasteiger partial charge in [0.15, 0.2) is 0 Å². The number of hydrogen-bond acceptors (Lipinski definition) is 2. The Morgan fingerprint density at radius 3 is 2.65 bits per heavy atom. The average molecular weight is 310 g/mol. The Morgan fingerprint density at radius 1 is 1.15 bits per heavy atom. The molecule has 0 bridgehead atoms. The normalized spacial score (nSPS) is 10.3. The van der Waals surface area contributed by atoms with Crippen LogP contribution in [-0.4, -0.2) is 13.0 Å². The zero-order valence-corrected chi connectivity index (χ0v) is 12.3. The van der Waals surface area contributed by atoms with E-state index in [0.29, 0.717) is 27.9 Å². The Balaban J connectivity index is 2.14. The molecule has 2 aromatic rings. The molecule has 3 nitrogen and oxygen atoms in total. The SMILES string of the molecule is COCc1cccc(NC(=O)c2ccc(Cl)c(Cl)c2)c1. The lowest BCUT2D eigenvalue weighted by Crippen LogP contribution is -2.12.